The third-order valence-corrected chi connectivity index (χ3v) is 9.60. The molecule has 2 aliphatic heterocycles. The minimum absolute atomic E-state index is 0.0322. The molecule has 0 saturated carbocycles. The molecule has 3 amide bonds. The Bertz CT molecular complexity index is 1870. The molecule has 270 valence electrons. The van der Waals surface area contributed by atoms with Crippen LogP contribution in [-0.2, 0) is 49.7 Å². The van der Waals surface area contributed by atoms with Gasteiger partial charge in [0.2, 0.25) is 11.8 Å². The number of benzene rings is 3. The number of Topliss-reactive ketones (excluding diaryl/α,β-unsaturated/α-hetero) is 1. The molecule has 0 unspecified atom stereocenters. The van der Waals surface area contributed by atoms with Crippen LogP contribution in [0.1, 0.15) is 34.4 Å². The smallest absolute Gasteiger partial charge is 0.307 e. The molecular formula is C38H38N4O9S. The second-order valence-electron chi connectivity index (χ2n) is 12.5. The van der Waals surface area contributed by atoms with Crippen LogP contribution in [0.2, 0.25) is 0 Å². The first kappa shape index (κ1) is 37.4. The standard InChI is InChI=1S/C38H38N4O9S/c43-34-21-27(38(47)48)19-25-10-15-29(16-11-25)51-23-35(44)39-33(22-30-7-4-18-52-30)37(46)41-32(20-26-8-13-28(14-9-26)42(49)50)36(45)40-31(34)17-12-24-5-2-1-3-6-24/h1-11,13-16,18,27,31-33H,12,17,19-23H2,(H,39,44)(H,40,45)(H,41,46)(H,47,48)/t27-,31-,32+,33-/m1/s1. The van der Waals surface area contributed by atoms with Crippen LogP contribution < -0.4 is 20.7 Å². The Kier molecular flexibility index (Phi) is 12.8. The molecule has 0 spiro atoms. The quantitative estimate of drug-likeness (QED) is 0.113. The summed E-state index contributed by atoms with van der Waals surface area (Å²) in [6.45, 7) is -0.421. The van der Waals surface area contributed by atoms with Crippen molar-refractivity contribution in [3.05, 3.63) is 128 Å². The number of aliphatic carboxylic acids is 1. The number of carboxylic acids is 1. The van der Waals surface area contributed by atoms with Gasteiger partial charge in [0, 0.05) is 36.3 Å². The average molecular weight is 727 g/mol. The fraction of sp³-hybridized carbons (Fsp3) is 0.289. The molecule has 0 aliphatic carbocycles. The van der Waals surface area contributed by atoms with Crippen LogP contribution in [0.15, 0.2) is 96.4 Å². The zero-order chi connectivity index (χ0) is 37.0. The largest absolute Gasteiger partial charge is 0.484 e. The van der Waals surface area contributed by atoms with Crippen molar-refractivity contribution in [2.24, 2.45) is 5.92 Å². The molecule has 1 aromatic heterocycles. The van der Waals surface area contributed by atoms with E-state index in [0.717, 1.165) is 10.4 Å². The molecular weight excluding hydrogens is 689 g/mol. The number of amides is 3. The summed E-state index contributed by atoms with van der Waals surface area (Å²) in [6, 6.07) is 21.4. The number of hydrogen-bond acceptors (Lipinski definition) is 9. The van der Waals surface area contributed by atoms with Crippen LogP contribution in [0.25, 0.3) is 0 Å². The van der Waals surface area contributed by atoms with Gasteiger partial charge in [-0.25, -0.2) is 0 Å². The molecule has 0 fully saturated rings. The summed E-state index contributed by atoms with van der Waals surface area (Å²) in [4.78, 5) is 78.9. The van der Waals surface area contributed by atoms with Crippen molar-refractivity contribution in [1.29, 1.82) is 0 Å². The van der Waals surface area contributed by atoms with Crippen molar-refractivity contribution in [3.8, 4) is 5.75 Å². The summed E-state index contributed by atoms with van der Waals surface area (Å²) < 4.78 is 5.64. The Morgan fingerprint density at radius 2 is 1.46 bits per heavy atom. The summed E-state index contributed by atoms with van der Waals surface area (Å²) in [5.74, 6) is -4.41. The predicted molar refractivity (Wildman–Crippen MR) is 192 cm³/mol. The normalized spacial score (nSPS) is 20.3. The van der Waals surface area contributed by atoms with Crippen molar-refractivity contribution in [1.82, 2.24) is 16.0 Å². The first-order valence-corrected chi connectivity index (χ1v) is 17.6. The number of non-ortho nitro benzene ring substituents is 1. The Balaban J connectivity index is 1.49. The number of ketones is 1. The lowest BCUT2D eigenvalue weighted by Gasteiger charge is -2.26. The monoisotopic (exact) mass is 726 g/mol. The molecule has 14 heteroatoms. The number of aryl methyl sites for hydroxylation is 1. The number of nitrogens with zero attached hydrogens (tertiary/aromatic N) is 1. The van der Waals surface area contributed by atoms with Gasteiger partial charge in [-0.15, -0.1) is 11.3 Å². The van der Waals surface area contributed by atoms with Gasteiger partial charge in [-0.1, -0.05) is 60.7 Å². The van der Waals surface area contributed by atoms with Gasteiger partial charge in [-0.05, 0) is 59.5 Å². The average Bonchev–Trinajstić information content (AvgIpc) is 3.65. The zero-order valence-electron chi connectivity index (χ0n) is 28.1. The molecule has 52 heavy (non-hydrogen) atoms. The third kappa shape index (κ3) is 10.8. The van der Waals surface area contributed by atoms with Gasteiger partial charge in [0.1, 0.15) is 17.8 Å². The number of nitrogens with one attached hydrogen (secondary N) is 3. The lowest BCUT2D eigenvalue weighted by molar-refractivity contribution is -0.384. The van der Waals surface area contributed by atoms with Gasteiger partial charge in [0.15, 0.2) is 12.4 Å². The lowest BCUT2D eigenvalue weighted by Crippen LogP contribution is -2.57. The number of rotatable bonds is 9. The highest BCUT2D eigenvalue weighted by Crippen LogP contribution is 2.20. The number of carbonyl (C=O) groups is 5. The third-order valence-electron chi connectivity index (χ3n) is 8.70. The van der Waals surface area contributed by atoms with E-state index in [0.29, 0.717) is 23.3 Å². The van der Waals surface area contributed by atoms with Gasteiger partial charge < -0.3 is 25.8 Å². The maximum atomic E-state index is 14.1. The highest BCUT2D eigenvalue weighted by molar-refractivity contribution is 7.09. The molecule has 3 aromatic carbocycles. The Morgan fingerprint density at radius 3 is 2.10 bits per heavy atom. The fourth-order valence-electron chi connectivity index (χ4n) is 5.87. The minimum atomic E-state index is -1.28. The van der Waals surface area contributed by atoms with E-state index < -0.39 is 65.0 Å². The van der Waals surface area contributed by atoms with E-state index in [9.17, 15) is 39.2 Å². The minimum Gasteiger partial charge on any atom is -0.484 e. The number of nitro benzene ring substituents is 1. The maximum Gasteiger partial charge on any atom is 0.307 e. The molecule has 0 radical (unpaired) electrons. The lowest BCUT2D eigenvalue weighted by atomic mass is 9.90. The van der Waals surface area contributed by atoms with Gasteiger partial charge >= 0.3 is 5.97 Å². The molecule has 2 bridgehead atoms. The summed E-state index contributed by atoms with van der Waals surface area (Å²) >= 11 is 1.39. The van der Waals surface area contributed by atoms with E-state index in [1.54, 1.807) is 24.3 Å². The van der Waals surface area contributed by atoms with Gasteiger partial charge in [0.05, 0.1) is 16.9 Å². The molecule has 4 atom stereocenters. The second kappa shape index (κ2) is 17.9. The number of ether oxygens (including phenoxy) is 1. The molecule has 2 aliphatic rings. The van der Waals surface area contributed by atoms with Gasteiger partial charge in [-0.2, -0.15) is 0 Å². The van der Waals surface area contributed by atoms with Crippen LogP contribution >= 0.6 is 11.3 Å². The van der Waals surface area contributed by atoms with Crippen LogP contribution in [0, 0.1) is 16.0 Å². The van der Waals surface area contributed by atoms with Gasteiger partial charge in [0.25, 0.3) is 11.6 Å². The first-order valence-electron chi connectivity index (χ1n) is 16.7. The Morgan fingerprint density at radius 1 is 0.788 bits per heavy atom. The highest BCUT2D eigenvalue weighted by Gasteiger charge is 2.32. The summed E-state index contributed by atoms with van der Waals surface area (Å²) in [5, 5.41) is 31.4. The molecule has 4 N–H and O–H groups in total. The van der Waals surface area contributed by atoms with E-state index in [1.807, 2.05) is 47.8 Å². The second-order valence-corrected chi connectivity index (χ2v) is 13.6. The van der Waals surface area contributed by atoms with Crippen molar-refractivity contribution in [3.63, 3.8) is 0 Å². The topological polar surface area (TPSA) is 194 Å². The molecule has 0 saturated heterocycles. The van der Waals surface area contributed by atoms with Crippen molar-refractivity contribution >= 4 is 46.5 Å². The zero-order valence-corrected chi connectivity index (χ0v) is 28.9. The summed E-state index contributed by atoms with van der Waals surface area (Å²) in [6.07, 6.45) is 0.222. The SMILES string of the molecule is O=C1COc2ccc(cc2)C[C@@H](C(=O)O)CC(=O)[C@@H](CCc2ccccc2)NC(=O)[C@H](Cc2ccc([N+](=O)[O-])cc2)NC(=O)[C@@H](Cc2cccs2)N1. The molecule has 4 aromatic rings. The van der Waals surface area contributed by atoms with E-state index in [1.165, 1.54) is 35.6 Å². The van der Waals surface area contributed by atoms with E-state index in [2.05, 4.69) is 16.0 Å². The number of nitro groups is 1. The predicted octanol–water partition coefficient (Wildman–Crippen LogP) is 3.82. The molecule has 13 nitrogen and oxygen atoms in total. The number of hydrogen-bond donors (Lipinski definition) is 4. The van der Waals surface area contributed by atoms with Gasteiger partial charge in [-0.3, -0.25) is 34.1 Å². The van der Waals surface area contributed by atoms with Crippen LogP contribution in [-0.4, -0.2) is 64.2 Å². The first-order chi connectivity index (χ1) is 25.0. The molecule has 3 heterocycles. The van der Waals surface area contributed by atoms with E-state index in [-0.39, 0.29) is 37.8 Å². The van der Waals surface area contributed by atoms with Crippen LogP contribution in [0.5, 0.6) is 5.75 Å². The maximum absolute atomic E-state index is 14.1. The number of thiophene rings is 1. The van der Waals surface area contributed by atoms with E-state index >= 15 is 0 Å². The van der Waals surface area contributed by atoms with Crippen molar-refractivity contribution < 1.29 is 38.7 Å². The number of fused-ring (bicyclic) bond motifs is 16. The van der Waals surface area contributed by atoms with Crippen molar-refractivity contribution in [2.75, 3.05) is 6.61 Å². The molecule has 6 rings (SSSR count). The fourth-order valence-corrected chi connectivity index (χ4v) is 6.63. The Labute approximate surface area is 303 Å². The van der Waals surface area contributed by atoms with E-state index in [4.69, 9.17) is 4.74 Å². The number of carboxylic acid groups (broad SMARTS) is 1. The summed E-state index contributed by atoms with van der Waals surface area (Å²) in [7, 11) is 0. The Hall–Kier alpha value is -5.89. The van der Waals surface area contributed by atoms with Crippen LogP contribution in [0.3, 0.4) is 0 Å². The van der Waals surface area contributed by atoms with Crippen molar-refractivity contribution in [2.45, 2.75) is 56.7 Å². The highest BCUT2D eigenvalue weighted by atomic mass is 32.1. The summed E-state index contributed by atoms with van der Waals surface area (Å²) in [5.41, 5.74) is 1.86. The number of carbonyl (C=O) groups excluding carboxylic acids is 4. The van der Waals surface area contributed by atoms with Crippen LogP contribution in [0.4, 0.5) is 5.69 Å².